The lowest BCUT2D eigenvalue weighted by Gasteiger charge is -2.37. The largest absolute Gasteiger partial charge is 0.441 e. The lowest BCUT2D eigenvalue weighted by atomic mass is 9.87. The highest BCUT2D eigenvalue weighted by atomic mass is 16.4. The molecule has 2 aliphatic rings. The molecule has 4 rings (SSSR count). The van der Waals surface area contributed by atoms with Crippen molar-refractivity contribution in [1.29, 1.82) is 0 Å². The van der Waals surface area contributed by atoms with E-state index in [-0.39, 0.29) is 11.8 Å². The highest BCUT2D eigenvalue weighted by molar-refractivity contribution is 6.07. The van der Waals surface area contributed by atoms with E-state index in [1.165, 1.54) is 5.56 Å². The van der Waals surface area contributed by atoms with E-state index < -0.39 is 11.6 Å². The molecule has 2 N–H and O–H groups in total. The summed E-state index contributed by atoms with van der Waals surface area (Å²) in [6, 6.07) is 7.83. The molecule has 0 atom stereocenters. The number of rotatable bonds is 6. The number of hydrogen-bond donors (Lipinski definition) is 2. The van der Waals surface area contributed by atoms with Crippen molar-refractivity contribution in [3.8, 4) is 11.3 Å². The van der Waals surface area contributed by atoms with Crippen molar-refractivity contribution in [2.45, 2.75) is 51.5 Å². The number of aromatic nitrogens is 1. The van der Waals surface area contributed by atoms with Gasteiger partial charge in [-0.2, -0.15) is 0 Å². The predicted octanol–water partition coefficient (Wildman–Crippen LogP) is 2.67. The number of imide groups is 1. The van der Waals surface area contributed by atoms with Gasteiger partial charge in [-0.3, -0.25) is 14.9 Å². The maximum Gasteiger partial charge on any atom is 0.322 e. The van der Waals surface area contributed by atoms with Gasteiger partial charge in [0.15, 0.2) is 11.7 Å². The molecule has 2 aromatic rings. The van der Waals surface area contributed by atoms with Gasteiger partial charge in [-0.1, -0.05) is 38.1 Å². The molecular weight excluding hydrogens is 396 g/mol. The smallest absolute Gasteiger partial charge is 0.322 e. The number of amides is 4. The number of oxazole rings is 1. The predicted molar refractivity (Wildman–Crippen MR) is 114 cm³/mol. The number of nitrogens with one attached hydrogen (secondary N) is 2. The first-order valence-corrected chi connectivity index (χ1v) is 10.8. The van der Waals surface area contributed by atoms with Crippen molar-refractivity contribution >= 4 is 17.8 Å². The van der Waals surface area contributed by atoms with E-state index in [2.05, 4.69) is 41.6 Å². The number of hydrogen-bond acceptors (Lipinski definition) is 5. The third-order valence-electron chi connectivity index (χ3n) is 5.97. The summed E-state index contributed by atoms with van der Waals surface area (Å²) >= 11 is 0. The third kappa shape index (κ3) is 4.62. The Labute approximate surface area is 181 Å². The second kappa shape index (κ2) is 8.53. The lowest BCUT2D eigenvalue weighted by molar-refractivity contribution is -0.135. The van der Waals surface area contributed by atoms with Crippen LogP contribution >= 0.6 is 0 Å². The summed E-state index contributed by atoms with van der Waals surface area (Å²) in [7, 11) is 0. The zero-order valence-corrected chi connectivity index (χ0v) is 17.9. The molecule has 2 aliphatic heterocycles. The zero-order chi connectivity index (χ0) is 22.0. The molecule has 0 radical (unpaired) electrons. The van der Waals surface area contributed by atoms with Gasteiger partial charge in [0.25, 0.3) is 5.91 Å². The van der Waals surface area contributed by atoms with Crippen LogP contribution in [0.3, 0.4) is 0 Å². The van der Waals surface area contributed by atoms with Gasteiger partial charge in [0.05, 0.1) is 6.20 Å². The minimum atomic E-state index is -0.865. The topological polar surface area (TPSA) is 105 Å². The molecule has 2 saturated heterocycles. The number of aryl methyl sites for hydroxylation is 1. The van der Waals surface area contributed by atoms with Crippen molar-refractivity contribution in [2.75, 3.05) is 13.1 Å². The molecule has 0 saturated carbocycles. The normalized spacial score (nSPS) is 17.8. The minimum absolute atomic E-state index is 0.00244. The van der Waals surface area contributed by atoms with E-state index >= 15 is 0 Å². The van der Waals surface area contributed by atoms with E-state index in [4.69, 9.17) is 4.42 Å². The summed E-state index contributed by atoms with van der Waals surface area (Å²) in [4.78, 5) is 42.1. The number of piperidine rings is 1. The van der Waals surface area contributed by atoms with E-state index in [0.29, 0.717) is 56.3 Å². The van der Waals surface area contributed by atoms with Gasteiger partial charge in [0, 0.05) is 31.5 Å². The maximum absolute atomic E-state index is 12.6. The van der Waals surface area contributed by atoms with Crippen LogP contribution in [0.25, 0.3) is 11.3 Å². The van der Waals surface area contributed by atoms with Crippen molar-refractivity contribution in [3.05, 3.63) is 41.9 Å². The number of benzene rings is 1. The monoisotopic (exact) mass is 424 g/mol. The molecule has 2 fully saturated rings. The number of carbonyl (C=O) groups excluding carboxylic acids is 3. The number of carbonyl (C=O) groups is 3. The van der Waals surface area contributed by atoms with Crippen LogP contribution in [0.15, 0.2) is 34.9 Å². The molecule has 1 aromatic carbocycles. The van der Waals surface area contributed by atoms with E-state index in [9.17, 15) is 14.4 Å². The standard InChI is InChI=1S/C23H28N4O4/c1-15(2)13-16-3-5-17(6-4-16)18-14-24-19(31-18)7-8-20(28)27-11-9-23(10-12-27)21(29)25-22(30)26-23/h3-6,14-15H,7-13H2,1-2H3,(H2,25,26,29,30). The fraction of sp³-hybridized carbons (Fsp3) is 0.478. The Bertz CT molecular complexity index is 972. The van der Waals surface area contributed by atoms with Crippen LogP contribution in [0.4, 0.5) is 4.79 Å². The fourth-order valence-electron chi connectivity index (χ4n) is 4.23. The molecule has 1 aromatic heterocycles. The quantitative estimate of drug-likeness (QED) is 0.694. The van der Waals surface area contributed by atoms with Gasteiger partial charge in [-0.25, -0.2) is 9.78 Å². The van der Waals surface area contributed by atoms with Gasteiger partial charge in [-0.15, -0.1) is 0 Å². The summed E-state index contributed by atoms with van der Waals surface area (Å²) in [5, 5.41) is 4.99. The summed E-state index contributed by atoms with van der Waals surface area (Å²) in [5.74, 6) is 1.54. The molecule has 3 heterocycles. The summed E-state index contributed by atoms with van der Waals surface area (Å²) in [5.41, 5.74) is 1.40. The van der Waals surface area contributed by atoms with Crippen LogP contribution in [-0.2, 0) is 22.4 Å². The Kier molecular flexibility index (Phi) is 5.80. The number of likely N-dealkylation sites (tertiary alicyclic amines) is 1. The van der Waals surface area contributed by atoms with E-state index in [1.54, 1.807) is 11.1 Å². The van der Waals surface area contributed by atoms with E-state index in [1.807, 2.05) is 12.1 Å². The fourth-order valence-corrected chi connectivity index (χ4v) is 4.23. The van der Waals surface area contributed by atoms with E-state index in [0.717, 1.165) is 12.0 Å². The van der Waals surface area contributed by atoms with Crippen LogP contribution < -0.4 is 10.6 Å². The first kappa shape index (κ1) is 21.1. The van der Waals surface area contributed by atoms with Crippen molar-refractivity contribution < 1.29 is 18.8 Å². The van der Waals surface area contributed by atoms with Crippen molar-refractivity contribution in [3.63, 3.8) is 0 Å². The highest BCUT2D eigenvalue weighted by Crippen LogP contribution is 2.26. The Morgan fingerprint density at radius 3 is 2.52 bits per heavy atom. The third-order valence-corrected chi connectivity index (χ3v) is 5.97. The molecule has 1 spiro atoms. The SMILES string of the molecule is CC(C)Cc1ccc(-c2cnc(CCC(=O)N3CCC4(CC3)NC(=O)NC4=O)o2)cc1. The molecule has 8 heteroatoms. The molecule has 164 valence electrons. The van der Waals surface area contributed by atoms with Crippen molar-refractivity contribution in [2.24, 2.45) is 5.92 Å². The van der Waals surface area contributed by atoms with Crippen LogP contribution in [-0.4, -0.2) is 46.4 Å². The summed E-state index contributed by atoms with van der Waals surface area (Å²) in [6.07, 6.45) is 4.29. The molecule has 4 amide bonds. The zero-order valence-electron chi connectivity index (χ0n) is 17.9. The molecule has 0 bridgehead atoms. The van der Waals surface area contributed by atoms with Gasteiger partial charge in [0.1, 0.15) is 5.54 Å². The first-order valence-electron chi connectivity index (χ1n) is 10.8. The second-order valence-corrected chi connectivity index (χ2v) is 8.78. The number of nitrogens with zero attached hydrogens (tertiary/aromatic N) is 2. The van der Waals surface area contributed by atoms with Crippen LogP contribution in [0.5, 0.6) is 0 Å². The Morgan fingerprint density at radius 2 is 1.90 bits per heavy atom. The Morgan fingerprint density at radius 1 is 1.19 bits per heavy atom. The Balaban J connectivity index is 1.28. The van der Waals surface area contributed by atoms with Crippen LogP contribution in [0.2, 0.25) is 0 Å². The summed E-state index contributed by atoms with van der Waals surface area (Å²) < 4.78 is 5.85. The average molecular weight is 425 g/mol. The average Bonchev–Trinajstić information content (AvgIpc) is 3.31. The molecule has 8 nitrogen and oxygen atoms in total. The minimum Gasteiger partial charge on any atom is -0.441 e. The van der Waals surface area contributed by atoms with Gasteiger partial charge in [0.2, 0.25) is 5.91 Å². The molecule has 0 unspecified atom stereocenters. The molecule has 31 heavy (non-hydrogen) atoms. The molecular formula is C23H28N4O4. The van der Waals surface area contributed by atoms with Crippen LogP contribution in [0.1, 0.15) is 44.6 Å². The van der Waals surface area contributed by atoms with Crippen LogP contribution in [0, 0.1) is 5.92 Å². The lowest BCUT2D eigenvalue weighted by Crippen LogP contribution is -2.55. The Hall–Kier alpha value is -3.16. The second-order valence-electron chi connectivity index (χ2n) is 8.78. The van der Waals surface area contributed by atoms with Gasteiger partial charge < -0.3 is 14.6 Å². The first-order chi connectivity index (χ1) is 14.8. The maximum atomic E-state index is 12.6. The highest BCUT2D eigenvalue weighted by Gasteiger charge is 2.48. The van der Waals surface area contributed by atoms with Gasteiger partial charge >= 0.3 is 6.03 Å². The summed E-state index contributed by atoms with van der Waals surface area (Å²) in [6.45, 7) is 5.27. The van der Waals surface area contributed by atoms with Crippen molar-refractivity contribution in [1.82, 2.24) is 20.5 Å². The number of urea groups is 1. The molecule has 0 aliphatic carbocycles. The van der Waals surface area contributed by atoms with Gasteiger partial charge in [-0.05, 0) is 30.7 Å².